The van der Waals surface area contributed by atoms with Gasteiger partial charge in [0.2, 0.25) is 0 Å². The molecule has 2 heterocycles. The van der Waals surface area contributed by atoms with Crippen molar-refractivity contribution in [3.63, 3.8) is 0 Å². The summed E-state index contributed by atoms with van der Waals surface area (Å²) < 4.78 is 0. The number of aromatic nitrogens is 1. The molecule has 2 N–H and O–H groups in total. The zero-order valence-electron chi connectivity index (χ0n) is 7.26. The van der Waals surface area contributed by atoms with Gasteiger partial charge in [0.1, 0.15) is 0 Å². The Morgan fingerprint density at radius 2 is 2.47 bits per heavy atom. The van der Waals surface area contributed by atoms with Gasteiger partial charge in [-0.3, -0.25) is 4.79 Å². The Kier molecular flexibility index (Phi) is 2.37. The lowest BCUT2D eigenvalue weighted by Gasteiger charge is -2.09. The number of thiocarbonyl (C=S) groups is 1. The van der Waals surface area contributed by atoms with E-state index in [4.69, 9.17) is 17.3 Å². The summed E-state index contributed by atoms with van der Waals surface area (Å²) in [6.45, 7) is 0.126. The second-order valence-electron chi connectivity index (χ2n) is 2.71. The SMILES string of the molecule is O=C(O)c1csc(N2C(=O)CNC2=S)n1. The number of nitrogens with zero attached hydrogens (tertiary/aromatic N) is 2. The highest BCUT2D eigenvalue weighted by molar-refractivity contribution is 7.80. The smallest absolute Gasteiger partial charge is 0.355 e. The summed E-state index contributed by atoms with van der Waals surface area (Å²) in [5.41, 5.74) is -0.0856. The largest absolute Gasteiger partial charge is 0.476 e. The number of carboxylic acid groups (broad SMARTS) is 1. The summed E-state index contributed by atoms with van der Waals surface area (Å²) in [4.78, 5) is 26.9. The average Bonchev–Trinajstić information content (AvgIpc) is 2.73. The first-order valence-electron chi connectivity index (χ1n) is 3.89. The molecule has 8 heteroatoms. The van der Waals surface area contributed by atoms with E-state index in [0.29, 0.717) is 0 Å². The number of carbonyl (C=O) groups is 2. The van der Waals surface area contributed by atoms with Gasteiger partial charge in [-0.1, -0.05) is 0 Å². The molecule has 0 aliphatic carbocycles. The first-order chi connectivity index (χ1) is 7.09. The van der Waals surface area contributed by atoms with E-state index in [1.165, 1.54) is 10.3 Å². The molecule has 6 nitrogen and oxygen atoms in total. The van der Waals surface area contributed by atoms with Crippen molar-refractivity contribution in [1.29, 1.82) is 0 Å². The molecule has 0 unspecified atom stereocenters. The Hall–Kier alpha value is -1.54. The number of hydrogen-bond donors (Lipinski definition) is 2. The van der Waals surface area contributed by atoms with Gasteiger partial charge in [-0.25, -0.2) is 14.7 Å². The topological polar surface area (TPSA) is 82.5 Å². The molecule has 1 aromatic heterocycles. The van der Waals surface area contributed by atoms with Crippen molar-refractivity contribution < 1.29 is 14.7 Å². The number of aromatic carboxylic acids is 1. The lowest BCUT2D eigenvalue weighted by Crippen LogP contribution is -2.30. The van der Waals surface area contributed by atoms with E-state index in [9.17, 15) is 9.59 Å². The lowest BCUT2D eigenvalue weighted by atomic mass is 10.5. The number of carboxylic acids is 1. The van der Waals surface area contributed by atoms with Crippen molar-refractivity contribution in [2.24, 2.45) is 0 Å². The Balaban J connectivity index is 2.33. The third kappa shape index (κ3) is 1.68. The van der Waals surface area contributed by atoms with Crippen LogP contribution in [0.3, 0.4) is 0 Å². The van der Waals surface area contributed by atoms with E-state index in [1.54, 1.807) is 0 Å². The van der Waals surface area contributed by atoms with Crippen LogP contribution in [0.4, 0.5) is 5.13 Å². The Morgan fingerprint density at radius 3 is 2.93 bits per heavy atom. The van der Waals surface area contributed by atoms with Gasteiger partial charge < -0.3 is 10.4 Å². The van der Waals surface area contributed by atoms with Crippen molar-refractivity contribution >= 4 is 45.7 Å². The highest BCUT2D eigenvalue weighted by Gasteiger charge is 2.29. The molecule has 1 aliphatic rings. The van der Waals surface area contributed by atoms with E-state index in [0.717, 1.165) is 11.3 Å². The molecule has 1 fully saturated rings. The molecule has 0 saturated carbocycles. The number of hydrogen-bond acceptors (Lipinski definition) is 5. The quantitative estimate of drug-likeness (QED) is 0.715. The highest BCUT2D eigenvalue weighted by Crippen LogP contribution is 2.22. The molecule has 2 rings (SSSR count). The van der Waals surface area contributed by atoms with Crippen molar-refractivity contribution in [2.75, 3.05) is 11.4 Å². The van der Waals surface area contributed by atoms with Gasteiger partial charge in [0, 0.05) is 5.38 Å². The van der Waals surface area contributed by atoms with Gasteiger partial charge >= 0.3 is 5.97 Å². The van der Waals surface area contributed by atoms with E-state index in [-0.39, 0.29) is 28.4 Å². The maximum atomic E-state index is 11.4. The van der Waals surface area contributed by atoms with E-state index >= 15 is 0 Å². The zero-order chi connectivity index (χ0) is 11.0. The predicted octanol–water partition coefficient (Wildman–Crippen LogP) is 0.0624. The molecule has 0 spiro atoms. The fourth-order valence-corrected chi connectivity index (χ4v) is 2.22. The fourth-order valence-electron chi connectivity index (χ4n) is 1.08. The maximum Gasteiger partial charge on any atom is 0.355 e. The molecule has 0 radical (unpaired) electrons. The van der Waals surface area contributed by atoms with Crippen LogP contribution >= 0.6 is 23.6 Å². The summed E-state index contributed by atoms with van der Waals surface area (Å²) in [6.07, 6.45) is 0. The van der Waals surface area contributed by atoms with Gasteiger partial charge in [0.05, 0.1) is 6.54 Å². The van der Waals surface area contributed by atoms with Crippen LogP contribution in [0.5, 0.6) is 0 Å². The minimum Gasteiger partial charge on any atom is -0.476 e. The molecule has 0 aromatic carbocycles. The molecule has 0 bridgehead atoms. The van der Waals surface area contributed by atoms with Crippen molar-refractivity contribution in [3.8, 4) is 0 Å². The van der Waals surface area contributed by atoms with Gasteiger partial charge in [-0.05, 0) is 12.2 Å². The van der Waals surface area contributed by atoms with Crippen LogP contribution in [0.15, 0.2) is 5.38 Å². The second-order valence-corrected chi connectivity index (χ2v) is 3.93. The van der Waals surface area contributed by atoms with Crippen molar-refractivity contribution in [3.05, 3.63) is 11.1 Å². The molecule has 0 atom stereocenters. The van der Waals surface area contributed by atoms with Gasteiger partial charge in [-0.2, -0.15) is 0 Å². The van der Waals surface area contributed by atoms with Crippen molar-refractivity contribution in [2.45, 2.75) is 0 Å². The summed E-state index contributed by atoms with van der Waals surface area (Å²) in [5, 5.41) is 13.3. The van der Waals surface area contributed by atoms with Crippen LogP contribution in [0, 0.1) is 0 Å². The summed E-state index contributed by atoms with van der Waals surface area (Å²) >= 11 is 5.96. The van der Waals surface area contributed by atoms with Crippen LogP contribution in [0.1, 0.15) is 10.5 Å². The summed E-state index contributed by atoms with van der Waals surface area (Å²) in [6, 6.07) is 0. The Morgan fingerprint density at radius 1 is 1.73 bits per heavy atom. The zero-order valence-corrected chi connectivity index (χ0v) is 8.89. The molecule has 15 heavy (non-hydrogen) atoms. The normalized spacial score (nSPS) is 15.6. The van der Waals surface area contributed by atoms with Crippen LogP contribution < -0.4 is 10.2 Å². The van der Waals surface area contributed by atoms with Crippen molar-refractivity contribution in [1.82, 2.24) is 10.3 Å². The van der Waals surface area contributed by atoms with Gasteiger partial charge in [-0.15, -0.1) is 11.3 Å². The highest BCUT2D eigenvalue weighted by atomic mass is 32.1. The second kappa shape index (κ2) is 3.55. The number of thiazole rings is 1. The third-order valence-corrected chi connectivity index (χ3v) is 2.90. The van der Waals surface area contributed by atoms with Crippen LogP contribution in [0.2, 0.25) is 0 Å². The first kappa shape index (κ1) is 9.99. The molecule has 1 saturated heterocycles. The molecular weight excluding hydrogens is 238 g/mol. The summed E-state index contributed by atoms with van der Waals surface area (Å²) in [5.74, 6) is -1.35. The molecule has 1 aromatic rings. The monoisotopic (exact) mass is 243 g/mol. The Labute approximate surface area is 93.5 Å². The van der Waals surface area contributed by atoms with Crippen LogP contribution in [-0.4, -0.2) is 33.6 Å². The van der Waals surface area contributed by atoms with E-state index in [1.807, 2.05) is 0 Å². The number of rotatable bonds is 2. The average molecular weight is 243 g/mol. The fraction of sp³-hybridized carbons (Fsp3) is 0.143. The minimum absolute atomic E-state index is 0.0856. The molecule has 1 aliphatic heterocycles. The summed E-state index contributed by atoms with van der Waals surface area (Å²) in [7, 11) is 0. The number of carbonyl (C=O) groups excluding carboxylic acids is 1. The molecule has 1 amide bonds. The minimum atomic E-state index is -1.12. The van der Waals surface area contributed by atoms with E-state index < -0.39 is 5.97 Å². The number of amides is 1. The van der Waals surface area contributed by atoms with Gasteiger partial charge in [0.25, 0.3) is 5.91 Å². The van der Waals surface area contributed by atoms with Crippen LogP contribution in [-0.2, 0) is 4.79 Å². The lowest BCUT2D eigenvalue weighted by molar-refractivity contribution is -0.115. The van der Waals surface area contributed by atoms with Gasteiger partial charge in [0.15, 0.2) is 15.9 Å². The van der Waals surface area contributed by atoms with E-state index in [2.05, 4.69) is 10.3 Å². The number of nitrogens with one attached hydrogen (secondary N) is 1. The third-order valence-electron chi connectivity index (χ3n) is 1.75. The predicted molar refractivity (Wildman–Crippen MR) is 57.2 cm³/mol. The maximum absolute atomic E-state index is 11.4. The first-order valence-corrected chi connectivity index (χ1v) is 5.18. The van der Waals surface area contributed by atoms with Crippen LogP contribution in [0.25, 0.3) is 0 Å². The number of anilines is 1. The Bertz CT molecular complexity index is 440. The standard InChI is InChI=1S/C7H5N3O3S2/c11-4-1-8-6(14)10(4)7-9-3(2-15-7)5(12)13/h2H,1H2,(H,8,14)(H,12,13). The molecule has 78 valence electrons. The molecular formula is C7H5N3O3S2.